The molecule has 6 nitrogen and oxygen atoms in total. The first-order valence-corrected chi connectivity index (χ1v) is 10.3. The van der Waals surface area contributed by atoms with Gasteiger partial charge >= 0.3 is 0 Å². The minimum Gasteiger partial charge on any atom is -0.497 e. The number of benzene rings is 1. The predicted octanol–water partition coefficient (Wildman–Crippen LogP) is 3.26. The molecule has 0 radical (unpaired) electrons. The Morgan fingerprint density at radius 1 is 1.07 bits per heavy atom. The van der Waals surface area contributed by atoms with Crippen LogP contribution in [0.2, 0.25) is 0 Å². The standard InChI is InChI=1S/C21H30N2O4/c1-25-18-7-8-20(19(15-18)21(24)23-11-4-14-26-23)27-17-9-12-22(13-10-17)16-5-2-3-6-16/h7-8,15-17H,2-6,9-14H2,1H3. The monoisotopic (exact) mass is 374 g/mol. The molecule has 6 heteroatoms. The molecule has 2 heterocycles. The van der Waals surface area contributed by atoms with Crippen LogP contribution in [0.1, 0.15) is 55.3 Å². The summed E-state index contributed by atoms with van der Waals surface area (Å²) in [5, 5.41) is 1.43. The minimum atomic E-state index is -0.148. The van der Waals surface area contributed by atoms with E-state index >= 15 is 0 Å². The lowest BCUT2D eigenvalue weighted by molar-refractivity contribution is -0.0771. The van der Waals surface area contributed by atoms with Crippen molar-refractivity contribution in [1.29, 1.82) is 0 Å². The van der Waals surface area contributed by atoms with E-state index in [0.717, 1.165) is 38.4 Å². The molecule has 1 saturated carbocycles. The molecule has 1 aromatic carbocycles. The van der Waals surface area contributed by atoms with Crippen molar-refractivity contribution in [3.05, 3.63) is 23.8 Å². The second kappa shape index (κ2) is 8.48. The Kier molecular flexibility index (Phi) is 5.83. The van der Waals surface area contributed by atoms with E-state index < -0.39 is 0 Å². The van der Waals surface area contributed by atoms with Crippen molar-refractivity contribution in [2.24, 2.45) is 0 Å². The Morgan fingerprint density at radius 2 is 1.85 bits per heavy atom. The summed E-state index contributed by atoms with van der Waals surface area (Å²) in [6, 6.07) is 6.24. The van der Waals surface area contributed by atoms with Gasteiger partial charge in [-0.15, -0.1) is 0 Å². The van der Waals surface area contributed by atoms with Crippen LogP contribution in [0.4, 0.5) is 0 Å². The second-order valence-electron chi connectivity index (χ2n) is 7.75. The SMILES string of the molecule is COc1ccc(OC2CCN(C3CCCC3)CC2)c(C(=O)N2CCCO2)c1. The lowest BCUT2D eigenvalue weighted by Gasteiger charge is -2.36. The van der Waals surface area contributed by atoms with Gasteiger partial charge in [-0.25, -0.2) is 5.06 Å². The Hall–Kier alpha value is -1.79. The van der Waals surface area contributed by atoms with E-state index in [9.17, 15) is 4.79 Å². The van der Waals surface area contributed by atoms with Crippen LogP contribution in [0.5, 0.6) is 11.5 Å². The van der Waals surface area contributed by atoms with Crippen LogP contribution >= 0.6 is 0 Å². The van der Waals surface area contributed by atoms with E-state index in [1.165, 1.54) is 30.7 Å². The fourth-order valence-electron chi connectivity index (χ4n) is 4.46. The lowest BCUT2D eigenvalue weighted by Crippen LogP contribution is -2.43. The molecule has 0 aromatic heterocycles. The van der Waals surface area contributed by atoms with Gasteiger partial charge in [-0.3, -0.25) is 9.63 Å². The van der Waals surface area contributed by atoms with Crippen molar-refractivity contribution in [2.45, 2.75) is 57.1 Å². The Bertz CT molecular complexity index is 646. The van der Waals surface area contributed by atoms with Gasteiger partial charge in [0.1, 0.15) is 17.6 Å². The van der Waals surface area contributed by atoms with Gasteiger partial charge < -0.3 is 14.4 Å². The molecule has 0 N–H and O–H groups in total. The quantitative estimate of drug-likeness (QED) is 0.792. The molecule has 0 atom stereocenters. The topological polar surface area (TPSA) is 51.2 Å². The highest BCUT2D eigenvalue weighted by molar-refractivity contribution is 5.96. The first-order chi connectivity index (χ1) is 13.2. The third kappa shape index (κ3) is 4.22. The van der Waals surface area contributed by atoms with Gasteiger partial charge in [-0.05, 0) is 50.3 Å². The maximum atomic E-state index is 12.9. The molecule has 0 unspecified atom stereocenters. The van der Waals surface area contributed by atoms with Crippen molar-refractivity contribution >= 4 is 5.91 Å². The summed E-state index contributed by atoms with van der Waals surface area (Å²) in [5.41, 5.74) is 0.523. The molecule has 2 saturated heterocycles. The van der Waals surface area contributed by atoms with Crippen molar-refractivity contribution in [1.82, 2.24) is 9.96 Å². The summed E-state index contributed by atoms with van der Waals surface area (Å²) >= 11 is 0. The van der Waals surface area contributed by atoms with Crippen LogP contribution in [0.25, 0.3) is 0 Å². The van der Waals surface area contributed by atoms with Crippen molar-refractivity contribution < 1.29 is 19.1 Å². The van der Waals surface area contributed by atoms with Gasteiger partial charge in [0.25, 0.3) is 5.91 Å². The molecule has 3 fully saturated rings. The molecule has 2 aliphatic heterocycles. The van der Waals surface area contributed by atoms with E-state index in [4.69, 9.17) is 14.3 Å². The zero-order chi connectivity index (χ0) is 18.6. The van der Waals surface area contributed by atoms with Gasteiger partial charge in [0.15, 0.2) is 0 Å². The number of carbonyl (C=O) groups is 1. The number of nitrogens with zero attached hydrogens (tertiary/aromatic N) is 2. The zero-order valence-corrected chi connectivity index (χ0v) is 16.2. The highest BCUT2D eigenvalue weighted by atomic mass is 16.7. The minimum absolute atomic E-state index is 0.148. The smallest absolute Gasteiger partial charge is 0.281 e. The van der Waals surface area contributed by atoms with E-state index in [1.54, 1.807) is 13.2 Å². The lowest BCUT2D eigenvalue weighted by atomic mass is 10.0. The first-order valence-electron chi connectivity index (χ1n) is 10.3. The van der Waals surface area contributed by atoms with Crippen molar-refractivity contribution in [2.75, 3.05) is 33.4 Å². The second-order valence-corrected chi connectivity index (χ2v) is 7.75. The number of hydroxylamine groups is 2. The highest BCUT2D eigenvalue weighted by Crippen LogP contribution is 2.31. The van der Waals surface area contributed by atoms with Crippen LogP contribution in [0.3, 0.4) is 0 Å². The van der Waals surface area contributed by atoms with E-state index in [2.05, 4.69) is 4.90 Å². The summed E-state index contributed by atoms with van der Waals surface area (Å²) < 4.78 is 11.6. The average Bonchev–Trinajstić information content (AvgIpc) is 3.42. The molecular weight excluding hydrogens is 344 g/mol. The number of rotatable bonds is 5. The molecule has 1 aliphatic carbocycles. The maximum absolute atomic E-state index is 12.9. The summed E-state index contributed by atoms with van der Waals surface area (Å²) in [6.07, 6.45) is 8.48. The number of hydrogen-bond acceptors (Lipinski definition) is 5. The van der Waals surface area contributed by atoms with Crippen LogP contribution in [0.15, 0.2) is 18.2 Å². The molecular formula is C21H30N2O4. The summed E-state index contributed by atoms with van der Waals surface area (Å²) in [6.45, 7) is 3.38. The molecule has 148 valence electrons. The van der Waals surface area contributed by atoms with E-state index in [1.807, 2.05) is 12.1 Å². The van der Waals surface area contributed by atoms with Gasteiger partial charge in [0.05, 0.1) is 25.8 Å². The van der Waals surface area contributed by atoms with Crippen molar-refractivity contribution in [3.63, 3.8) is 0 Å². The number of likely N-dealkylation sites (tertiary alicyclic amines) is 1. The molecule has 0 bridgehead atoms. The van der Waals surface area contributed by atoms with Crippen LogP contribution in [0, 0.1) is 0 Å². The van der Waals surface area contributed by atoms with Gasteiger partial charge in [-0.1, -0.05) is 12.8 Å². The summed E-state index contributed by atoms with van der Waals surface area (Å²) in [7, 11) is 1.61. The molecule has 3 aliphatic rings. The van der Waals surface area contributed by atoms with Crippen LogP contribution in [-0.2, 0) is 4.84 Å². The molecule has 1 amide bonds. The number of carbonyl (C=O) groups excluding carboxylic acids is 1. The number of amides is 1. The Labute approximate surface area is 161 Å². The van der Waals surface area contributed by atoms with Gasteiger partial charge in [0, 0.05) is 19.1 Å². The maximum Gasteiger partial charge on any atom is 0.281 e. The molecule has 27 heavy (non-hydrogen) atoms. The van der Waals surface area contributed by atoms with Gasteiger partial charge in [-0.2, -0.15) is 0 Å². The zero-order valence-electron chi connectivity index (χ0n) is 16.2. The highest BCUT2D eigenvalue weighted by Gasteiger charge is 2.30. The van der Waals surface area contributed by atoms with Crippen LogP contribution in [-0.4, -0.2) is 61.4 Å². The van der Waals surface area contributed by atoms with Crippen LogP contribution < -0.4 is 9.47 Å². The number of ether oxygens (including phenoxy) is 2. The number of methoxy groups -OCH3 is 1. The van der Waals surface area contributed by atoms with E-state index in [0.29, 0.717) is 30.2 Å². The predicted molar refractivity (Wildman–Crippen MR) is 102 cm³/mol. The fraction of sp³-hybridized carbons (Fsp3) is 0.667. The van der Waals surface area contributed by atoms with Crippen molar-refractivity contribution in [3.8, 4) is 11.5 Å². The largest absolute Gasteiger partial charge is 0.497 e. The Morgan fingerprint density at radius 3 is 2.52 bits per heavy atom. The first kappa shape index (κ1) is 18.6. The fourth-order valence-corrected chi connectivity index (χ4v) is 4.46. The average molecular weight is 374 g/mol. The summed E-state index contributed by atoms with van der Waals surface area (Å²) in [5.74, 6) is 1.14. The third-order valence-corrected chi connectivity index (χ3v) is 6.01. The Balaban J connectivity index is 1.43. The number of piperidine rings is 1. The molecule has 4 rings (SSSR count). The van der Waals surface area contributed by atoms with E-state index in [-0.39, 0.29) is 12.0 Å². The number of hydrogen-bond donors (Lipinski definition) is 0. The summed E-state index contributed by atoms with van der Waals surface area (Å²) in [4.78, 5) is 20.9. The molecule has 1 aromatic rings. The molecule has 0 spiro atoms. The third-order valence-electron chi connectivity index (χ3n) is 6.01. The normalized spacial score (nSPS) is 22.3. The van der Waals surface area contributed by atoms with Gasteiger partial charge in [0.2, 0.25) is 0 Å².